The van der Waals surface area contributed by atoms with E-state index >= 15 is 0 Å². The van der Waals surface area contributed by atoms with E-state index in [1.807, 2.05) is 6.92 Å². The van der Waals surface area contributed by atoms with E-state index in [9.17, 15) is 0 Å². The van der Waals surface area contributed by atoms with E-state index in [0.717, 1.165) is 5.57 Å². The molecule has 1 rings (SSSR count). The number of hydrogen-bond donors (Lipinski definition) is 2. The predicted molar refractivity (Wildman–Crippen MR) is 65.5 cm³/mol. The molecule has 1 unspecified atom stereocenters. The van der Waals surface area contributed by atoms with Gasteiger partial charge >= 0.3 is 0 Å². The van der Waals surface area contributed by atoms with Gasteiger partial charge in [0, 0.05) is 0 Å². The van der Waals surface area contributed by atoms with Crippen LogP contribution in [0.2, 0.25) is 0 Å². The van der Waals surface area contributed by atoms with E-state index in [2.05, 4.69) is 44.9 Å². The maximum atomic E-state index is 5.57. The van der Waals surface area contributed by atoms with Gasteiger partial charge in [0.25, 0.3) is 0 Å². The normalized spacial score (nSPS) is 12.6. The second-order valence-electron chi connectivity index (χ2n) is 4.26. The van der Waals surface area contributed by atoms with Crippen LogP contribution in [0.3, 0.4) is 0 Å². The standard InChI is InChI=1S/C13H20N2/c1-8(2)13(15-14)12-10(4)6-9(3)7-11(12)5/h6-7,13,15H,1,14H2,2-5H3. The first kappa shape index (κ1) is 12.0. The third-order valence-corrected chi connectivity index (χ3v) is 2.69. The summed E-state index contributed by atoms with van der Waals surface area (Å²) in [6.07, 6.45) is 0. The molecule has 0 aromatic heterocycles. The zero-order valence-corrected chi connectivity index (χ0v) is 10.0. The van der Waals surface area contributed by atoms with Crippen molar-refractivity contribution in [1.82, 2.24) is 5.43 Å². The molecule has 1 aromatic carbocycles. The third kappa shape index (κ3) is 2.46. The smallest absolute Gasteiger partial charge is 0.0669 e. The zero-order valence-electron chi connectivity index (χ0n) is 10.0. The van der Waals surface area contributed by atoms with Crippen LogP contribution in [0.4, 0.5) is 0 Å². The van der Waals surface area contributed by atoms with E-state index in [4.69, 9.17) is 5.84 Å². The summed E-state index contributed by atoms with van der Waals surface area (Å²) in [7, 11) is 0. The Morgan fingerprint density at radius 3 is 2.07 bits per heavy atom. The molecule has 0 spiro atoms. The Bertz CT molecular complexity index is 357. The highest BCUT2D eigenvalue weighted by Gasteiger charge is 2.15. The Morgan fingerprint density at radius 2 is 1.73 bits per heavy atom. The van der Waals surface area contributed by atoms with Crippen molar-refractivity contribution in [2.45, 2.75) is 33.7 Å². The van der Waals surface area contributed by atoms with E-state index in [0.29, 0.717) is 0 Å². The molecule has 0 heterocycles. The first-order valence-electron chi connectivity index (χ1n) is 5.16. The van der Waals surface area contributed by atoms with Gasteiger partial charge in [-0.2, -0.15) is 0 Å². The molecular formula is C13H20N2. The summed E-state index contributed by atoms with van der Waals surface area (Å²) < 4.78 is 0. The lowest BCUT2D eigenvalue weighted by atomic mass is 9.91. The number of aryl methyl sites for hydroxylation is 3. The lowest BCUT2D eigenvalue weighted by molar-refractivity contribution is 0.620. The Kier molecular flexibility index (Phi) is 3.66. The van der Waals surface area contributed by atoms with E-state index in [1.165, 1.54) is 22.3 Å². The second kappa shape index (κ2) is 4.60. The average molecular weight is 204 g/mol. The predicted octanol–water partition coefficient (Wildman–Crippen LogP) is 2.69. The number of hydrogen-bond acceptors (Lipinski definition) is 2. The van der Waals surface area contributed by atoms with Crippen molar-refractivity contribution in [2.75, 3.05) is 0 Å². The molecule has 2 heteroatoms. The van der Waals surface area contributed by atoms with Crippen molar-refractivity contribution in [1.29, 1.82) is 0 Å². The van der Waals surface area contributed by atoms with Gasteiger partial charge in [-0.1, -0.05) is 29.8 Å². The first-order valence-corrected chi connectivity index (χ1v) is 5.16. The number of hydrazine groups is 1. The number of rotatable bonds is 3. The van der Waals surface area contributed by atoms with Gasteiger partial charge in [-0.3, -0.25) is 5.84 Å². The van der Waals surface area contributed by atoms with Crippen molar-refractivity contribution in [3.8, 4) is 0 Å². The first-order chi connectivity index (χ1) is 6.97. The van der Waals surface area contributed by atoms with Crippen LogP contribution >= 0.6 is 0 Å². The Labute approximate surface area is 92.2 Å². The fourth-order valence-electron chi connectivity index (χ4n) is 2.12. The lowest BCUT2D eigenvalue weighted by Gasteiger charge is -2.21. The summed E-state index contributed by atoms with van der Waals surface area (Å²) in [5.74, 6) is 5.57. The van der Waals surface area contributed by atoms with Gasteiger partial charge in [0.1, 0.15) is 0 Å². The summed E-state index contributed by atoms with van der Waals surface area (Å²) in [4.78, 5) is 0. The molecule has 0 saturated heterocycles. The van der Waals surface area contributed by atoms with Crippen molar-refractivity contribution < 1.29 is 0 Å². The van der Waals surface area contributed by atoms with Crippen molar-refractivity contribution >= 4 is 0 Å². The summed E-state index contributed by atoms with van der Waals surface area (Å²) >= 11 is 0. The van der Waals surface area contributed by atoms with Gasteiger partial charge < -0.3 is 0 Å². The lowest BCUT2D eigenvalue weighted by Crippen LogP contribution is -2.29. The quantitative estimate of drug-likeness (QED) is 0.451. The van der Waals surface area contributed by atoms with Crippen LogP contribution in [-0.2, 0) is 0 Å². The molecule has 1 atom stereocenters. The van der Waals surface area contributed by atoms with E-state index in [1.54, 1.807) is 0 Å². The van der Waals surface area contributed by atoms with Crippen LogP contribution in [0.5, 0.6) is 0 Å². The maximum Gasteiger partial charge on any atom is 0.0669 e. The summed E-state index contributed by atoms with van der Waals surface area (Å²) in [5.41, 5.74) is 8.91. The van der Waals surface area contributed by atoms with Crippen molar-refractivity contribution in [3.63, 3.8) is 0 Å². The Balaban J connectivity index is 3.29. The number of nitrogens with two attached hydrogens (primary N) is 1. The van der Waals surface area contributed by atoms with Crippen molar-refractivity contribution in [3.05, 3.63) is 46.5 Å². The highest BCUT2D eigenvalue weighted by atomic mass is 15.2. The topological polar surface area (TPSA) is 38.0 Å². The summed E-state index contributed by atoms with van der Waals surface area (Å²) in [6, 6.07) is 4.40. The molecule has 0 saturated carbocycles. The minimum atomic E-state index is 0.0469. The molecule has 0 fully saturated rings. The molecule has 15 heavy (non-hydrogen) atoms. The summed E-state index contributed by atoms with van der Waals surface area (Å²) in [6.45, 7) is 12.3. The SMILES string of the molecule is C=C(C)C(NN)c1c(C)cc(C)cc1C. The Hall–Kier alpha value is -1.12. The molecular weight excluding hydrogens is 184 g/mol. The number of nitrogens with one attached hydrogen (secondary N) is 1. The van der Waals surface area contributed by atoms with Crippen LogP contribution in [0.1, 0.15) is 35.2 Å². The van der Waals surface area contributed by atoms with Gasteiger partial charge in [-0.05, 0) is 44.4 Å². The second-order valence-corrected chi connectivity index (χ2v) is 4.26. The molecule has 2 nitrogen and oxygen atoms in total. The monoisotopic (exact) mass is 204 g/mol. The molecule has 0 amide bonds. The van der Waals surface area contributed by atoms with Gasteiger partial charge in [0.15, 0.2) is 0 Å². The van der Waals surface area contributed by atoms with Gasteiger partial charge in [0.05, 0.1) is 6.04 Å². The molecule has 1 aromatic rings. The van der Waals surface area contributed by atoms with Crippen LogP contribution < -0.4 is 11.3 Å². The van der Waals surface area contributed by atoms with Crippen LogP contribution in [0.15, 0.2) is 24.3 Å². The van der Waals surface area contributed by atoms with Gasteiger partial charge in [0.2, 0.25) is 0 Å². The minimum absolute atomic E-state index is 0.0469. The number of benzene rings is 1. The van der Waals surface area contributed by atoms with Crippen molar-refractivity contribution in [2.24, 2.45) is 5.84 Å². The zero-order chi connectivity index (χ0) is 11.6. The van der Waals surface area contributed by atoms with E-state index < -0.39 is 0 Å². The fraction of sp³-hybridized carbons (Fsp3) is 0.385. The van der Waals surface area contributed by atoms with Gasteiger partial charge in [-0.25, -0.2) is 5.43 Å². The highest BCUT2D eigenvalue weighted by Crippen LogP contribution is 2.27. The van der Waals surface area contributed by atoms with Crippen LogP contribution in [-0.4, -0.2) is 0 Å². The highest BCUT2D eigenvalue weighted by molar-refractivity contribution is 5.42. The maximum absolute atomic E-state index is 5.57. The third-order valence-electron chi connectivity index (χ3n) is 2.69. The molecule has 0 bridgehead atoms. The largest absolute Gasteiger partial charge is 0.271 e. The molecule has 0 radical (unpaired) electrons. The molecule has 0 aliphatic carbocycles. The molecule has 3 N–H and O–H groups in total. The van der Waals surface area contributed by atoms with Crippen LogP contribution in [0, 0.1) is 20.8 Å². The van der Waals surface area contributed by atoms with Crippen LogP contribution in [0.25, 0.3) is 0 Å². The molecule has 0 aliphatic heterocycles. The fourth-order valence-corrected chi connectivity index (χ4v) is 2.12. The average Bonchev–Trinajstić information content (AvgIpc) is 2.09. The summed E-state index contributed by atoms with van der Waals surface area (Å²) in [5, 5.41) is 0. The molecule has 82 valence electrons. The van der Waals surface area contributed by atoms with E-state index in [-0.39, 0.29) is 6.04 Å². The minimum Gasteiger partial charge on any atom is -0.271 e. The Morgan fingerprint density at radius 1 is 1.27 bits per heavy atom. The molecule has 0 aliphatic rings. The van der Waals surface area contributed by atoms with Gasteiger partial charge in [-0.15, -0.1) is 0 Å².